The summed E-state index contributed by atoms with van der Waals surface area (Å²) >= 11 is 12.1. The number of hydrogen-bond acceptors (Lipinski definition) is 2. The number of nitrogens with zero attached hydrogens (tertiary/aromatic N) is 2. The summed E-state index contributed by atoms with van der Waals surface area (Å²) in [5.41, 5.74) is 1.31. The standard InChI is InChI=1S/C11H14Cl2N2/c12-11-9-15(13)7-6-14(11)8-10-4-2-1-3-5-10/h1-5,11H,6-9H2. The van der Waals surface area contributed by atoms with Gasteiger partial charge in [0.15, 0.2) is 0 Å². The zero-order chi connectivity index (χ0) is 10.7. The maximum Gasteiger partial charge on any atom is 0.0995 e. The molecule has 4 heteroatoms. The third-order valence-electron chi connectivity index (χ3n) is 2.60. The van der Waals surface area contributed by atoms with E-state index in [0.717, 1.165) is 26.2 Å². The lowest BCUT2D eigenvalue weighted by Gasteiger charge is -2.35. The molecule has 1 atom stereocenters. The fourth-order valence-corrected chi connectivity index (χ4v) is 2.35. The highest BCUT2D eigenvalue weighted by molar-refractivity contribution is 6.21. The molecule has 0 saturated carbocycles. The van der Waals surface area contributed by atoms with Gasteiger partial charge in [0.05, 0.1) is 5.50 Å². The lowest BCUT2D eigenvalue weighted by atomic mass is 10.2. The molecule has 0 aliphatic carbocycles. The summed E-state index contributed by atoms with van der Waals surface area (Å²) in [6, 6.07) is 10.4. The fourth-order valence-electron chi connectivity index (χ4n) is 1.74. The second-order valence-corrected chi connectivity index (χ2v) is 4.74. The Hall–Kier alpha value is -0.280. The van der Waals surface area contributed by atoms with Crippen molar-refractivity contribution in [3.63, 3.8) is 0 Å². The monoisotopic (exact) mass is 244 g/mol. The maximum atomic E-state index is 6.23. The van der Waals surface area contributed by atoms with E-state index in [0.29, 0.717) is 0 Å². The summed E-state index contributed by atoms with van der Waals surface area (Å²) in [5.74, 6) is 0. The van der Waals surface area contributed by atoms with Crippen molar-refractivity contribution in [1.29, 1.82) is 0 Å². The molecule has 0 aromatic heterocycles. The first kappa shape index (κ1) is 11.2. The van der Waals surface area contributed by atoms with Crippen molar-refractivity contribution in [3.8, 4) is 0 Å². The van der Waals surface area contributed by atoms with Crippen LogP contribution in [-0.2, 0) is 6.54 Å². The largest absolute Gasteiger partial charge is 0.281 e. The second kappa shape index (κ2) is 5.17. The molecule has 0 amide bonds. The Balaban J connectivity index is 1.95. The van der Waals surface area contributed by atoms with Crippen LogP contribution in [0.25, 0.3) is 0 Å². The molecule has 1 aliphatic heterocycles. The number of halogens is 2. The minimum Gasteiger partial charge on any atom is -0.281 e. The molecule has 0 spiro atoms. The van der Waals surface area contributed by atoms with Crippen molar-refractivity contribution in [2.75, 3.05) is 19.6 Å². The third-order valence-corrected chi connectivity index (χ3v) is 3.32. The Morgan fingerprint density at radius 3 is 2.60 bits per heavy atom. The van der Waals surface area contributed by atoms with E-state index in [4.69, 9.17) is 23.4 Å². The lowest BCUT2D eigenvalue weighted by molar-refractivity contribution is 0.160. The molecule has 1 aliphatic rings. The maximum absolute atomic E-state index is 6.23. The summed E-state index contributed by atoms with van der Waals surface area (Å²) in [6.07, 6.45) is 0. The molecule has 1 heterocycles. The predicted octanol–water partition coefficient (Wildman–Crippen LogP) is 2.52. The average molecular weight is 245 g/mol. The average Bonchev–Trinajstić information content (AvgIpc) is 2.24. The van der Waals surface area contributed by atoms with Crippen LogP contribution >= 0.6 is 23.4 Å². The Morgan fingerprint density at radius 1 is 1.20 bits per heavy atom. The van der Waals surface area contributed by atoms with E-state index in [9.17, 15) is 0 Å². The van der Waals surface area contributed by atoms with E-state index < -0.39 is 0 Å². The van der Waals surface area contributed by atoms with Crippen LogP contribution in [0.5, 0.6) is 0 Å². The Kier molecular flexibility index (Phi) is 3.87. The van der Waals surface area contributed by atoms with Crippen LogP contribution in [0.2, 0.25) is 0 Å². The van der Waals surface area contributed by atoms with Crippen molar-refractivity contribution < 1.29 is 0 Å². The first-order valence-electron chi connectivity index (χ1n) is 5.08. The van der Waals surface area contributed by atoms with Gasteiger partial charge in [-0.2, -0.15) is 0 Å². The van der Waals surface area contributed by atoms with Gasteiger partial charge in [-0.3, -0.25) is 4.90 Å². The fraction of sp³-hybridized carbons (Fsp3) is 0.455. The second-order valence-electron chi connectivity index (χ2n) is 3.76. The summed E-state index contributed by atoms with van der Waals surface area (Å²) in [4.78, 5) is 2.25. The first-order chi connectivity index (χ1) is 7.25. The Morgan fingerprint density at radius 2 is 1.93 bits per heavy atom. The molecule has 15 heavy (non-hydrogen) atoms. The highest BCUT2D eigenvalue weighted by Gasteiger charge is 2.23. The van der Waals surface area contributed by atoms with Gasteiger partial charge >= 0.3 is 0 Å². The molecule has 2 rings (SSSR count). The van der Waals surface area contributed by atoms with Crippen LogP contribution in [0.15, 0.2) is 30.3 Å². The van der Waals surface area contributed by atoms with E-state index in [-0.39, 0.29) is 5.50 Å². The van der Waals surface area contributed by atoms with E-state index >= 15 is 0 Å². The Bertz CT molecular complexity index is 305. The van der Waals surface area contributed by atoms with E-state index in [1.807, 2.05) is 6.07 Å². The van der Waals surface area contributed by atoms with Crippen molar-refractivity contribution in [2.45, 2.75) is 12.0 Å². The minimum absolute atomic E-state index is 0.0106. The zero-order valence-electron chi connectivity index (χ0n) is 8.44. The van der Waals surface area contributed by atoms with Crippen LogP contribution in [-0.4, -0.2) is 34.5 Å². The van der Waals surface area contributed by atoms with Gasteiger partial charge in [0.1, 0.15) is 0 Å². The lowest BCUT2D eigenvalue weighted by Crippen LogP contribution is -2.46. The number of piperazine rings is 1. The summed E-state index contributed by atoms with van der Waals surface area (Å²) in [6.45, 7) is 3.42. The zero-order valence-corrected chi connectivity index (χ0v) is 9.95. The first-order valence-corrected chi connectivity index (χ1v) is 5.86. The van der Waals surface area contributed by atoms with Crippen LogP contribution in [0.4, 0.5) is 0 Å². The summed E-state index contributed by atoms with van der Waals surface area (Å²) < 4.78 is 1.75. The molecule has 1 unspecified atom stereocenters. The highest BCUT2D eigenvalue weighted by Crippen LogP contribution is 2.17. The van der Waals surface area contributed by atoms with Gasteiger partial charge < -0.3 is 0 Å². The number of alkyl halides is 1. The minimum atomic E-state index is 0.0106. The molecule has 1 saturated heterocycles. The summed E-state index contributed by atoms with van der Waals surface area (Å²) in [7, 11) is 0. The van der Waals surface area contributed by atoms with Gasteiger partial charge in [-0.25, -0.2) is 4.42 Å². The third kappa shape index (κ3) is 3.08. The van der Waals surface area contributed by atoms with Gasteiger partial charge in [0, 0.05) is 26.2 Å². The van der Waals surface area contributed by atoms with Crippen LogP contribution < -0.4 is 0 Å². The van der Waals surface area contributed by atoms with Crippen LogP contribution in [0.3, 0.4) is 0 Å². The van der Waals surface area contributed by atoms with Gasteiger partial charge in [-0.15, -0.1) is 11.6 Å². The van der Waals surface area contributed by atoms with Crippen molar-refractivity contribution >= 4 is 23.4 Å². The summed E-state index contributed by atoms with van der Waals surface area (Å²) in [5, 5.41) is 0. The van der Waals surface area contributed by atoms with Gasteiger partial charge in [-0.1, -0.05) is 30.3 Å². The molecule has 2 nitrogen and oxygen atoms in total. The SMILES string of the molecule is ClC1CN(Cl)CCN1Cc1ccccc1. The van der Waals surface area contributed by atoms with Crippen LogP contribution in [0.1, 0.15) is 5.56 Å². The van der Waals surface area contributed by atoms with Crippen molar-refractivity contribution in [3.05, 3.63) is 35.9 Å². The number of rotatable bonds is 2. The molecule has 82 valence electrons. The van der Waals surface area contributed by atoms with E-state index in [2.05, 4.69) is 29.2 Å². The predicted molar refractivity (Wildman–Crippen MR) is 63.9 cm³/mol. The van der Waals surface area contributed by atoms with Gasteiger partial charge in [0.25, 0.3) is 0 Å². The quantitative estimate of drug-likeness (QED) is 0.449. The molecular weight excluding hydrogens is 231 g/mol. The molecule has 0 bridgehead atoms. The number of benzene rings is 1. The molecular formula is C11H14Cl2N2. The normalized spacial score (nSPS) is 24.3. The molecule has 1 fully saturated rings. The molecule has 0 N–H and O–H groups in total. The highest BCUT2D eigenvalue weighted by atomic mass is 35.5. The van der Waals surface area contributed by atoms with Crippen LogP contribution in [0, 0.1) is 0 Å². The smallest absolute Gasteiger partial charge is 0.0995 e. The molecule has 1 aromatic rings. The number of hydrogen-bond donors (Lipinski definition) is 0. The van der Waals surface area contributed by atoms with E-state index in [1.165, 1.54) is 5.56 Å². The topological polar surface area (TPSA) is 6.48 Å². The van der Waals surface area contributed by atoms with Crippen molar-refractivity contribution in [1.82, 2.24) is 9.32 Å². The Labute approximate surface area is 100 Å². The molecule has 0 radical (unpaired) electrons. The van der Waals surface area contributed by atoms with Gasteiger partial charge in [0.2, 0.25) is 0 Å². The van der Waals surface area contributed by atoms with Gasteiger partial charge in [-0.05, 0) is 17.3 Å². The van der Waals surface area contributed by atoms with E-state index in [1.54, 1.807) is 4.42 Å². The molecule has 1 aromatic carbocycles. The van der Waals surface area contributed by atoms with Crippen molar-refractivity contribution in [2.24, 2.45) is 0 Å².